The first-order valence-electron chi connectivity index (χ1n) is 9.07. The molecule has 0 amide bonds. The number of aromatic amines is 1. The van der Waals surface area contributed by atoms with Crippen LogP contribution in [0.4, 0.5) is 0 Å². The summed E-state index contributed by atoms with van der Waals surface area (Å²) < 4.78 is 20.6. The highest BCUT2D eigenvalue weighted by atomic mass is 16.5. The smallest absolute Gasteiger partial charge is 0.340 e. The van der Waals surface area contributed by atoms with Crippen LogP contribution in [0.1, 0.15) is 56.3 Å². The molecule has 0 saturated heterocycles. The molecule has 2 rings (SSSR count). The Bertz CT molecular complexity index is 907. The minimum Gasteiger partial charge on any atom is -0.497 e. The van der Waals surface area contributed by atoms with Gasteiger partial charge in [0.25, 0.3) is 0 Å². The first-order valence-corrected chi connectivity index (χ1v) is 9.07. The second kappa shape index (κ2) is 9.27. The van der Waals surface area contributed by atoms with Gasteiger partial charge in [-0.05, 0) is 45.4 Å². The minimum atomic E-state index is -1.08. The van der Waals surface area contributed by atoms with Crippen LogP contribution in [-0.2, 0) is 9.47 Å². The number of H-pyrrole nitrogens is 1. The van der Waals surface area contributed by atoms with E-state index in [1.165, 1.54) is 33.3 Å². The summed E-state index contributed by atoms with van der Waals surface area (Å²) in [7, 11) is 2.93. The van der Waals surface area contributed by atoms with Gasteiger partial charge >= 0.3 is 11.9 Å². The number of benzene rings is 1. The first-order chi connectivity index (χ1) is 13.7. The van der Waals surface area contributed by atoms with E-state index >= 15 is 0 Å². The lowest BCUT2D eigenvalue weighted by Gasteiger charge is -2.13. The van der Waals surface area contributed by atoms with Crippen LogP contribution in [0.2, 0.25) is 0 Å². The van der Waals surface area contributed by atoms with Crippen molar-refractivity contribution < 1.29 is 33.3 Å². The Morgan fingerprint density at radius 1 is 1.00 bits per heavy atom. The van der Waals surface area contributed by atoms with Gasteiger partial charge in [-0.25, -0.2) is 9.59 Å². The van der Waals surface area contributed by atoms with Gasteiger partial charge in [0, 0.05) is 11.8 Å². The Hall–Kier alpha value is -3.29. The van der Waals surface area contributed by atoms with Gasteiger partial charge in [-0.1, -0.05) is 0 Å². The van der Waals surface area contributed by atoms with E-state index in [2.05, 4.69) is 4.98 Å². The maximum absolute atomic E-state index is 12.8. The molecular formula is C21H25NO7. The summed E-state index contributed by atoms with van der Waals surface area (Å²) in [5.41, 5.74) is 1.67. The number of hydrogen-bond acceptors (Lipinski definition) is 7. The predicted octanol–water partition coefficient (Wildman–Crippen LogP) is 3.25. The van der Waals surface area contributed by atoms with Crippen LogP contribution < -0.4 is 9.47 Å². The Balaban J connectivity index is 2.22. The second-order valence-electron chi connectivity index (χ2n) is 6.36. The molecule has 0 aliphatic heterocycles. The third kappa shape index (κ3) is 4.77. The second-order valence-corrected chi connectivity index (χ2v) is 6.36. The number of carbonyl (C=O) groups is 3. The molecule has 0 spiro atoms. The fourth-order valence-electron chi connectivity index (χ4n) is 2.92. The van der Waals surface area contributed by atoms with Crippen LogP contribution in [0.25, 0.3) is 0 Å². The van der Waals surface area contributed by atoms with Crippen molar-refractivity contribution in [2.45, 2.75) is 33.8 Å². The topological polar surface area (TPSA) is 104 Å². The molecule has 1 unspecified atom stereocenters. The molecule has 0 aliphatic rings. The van der Waals surface area contributed by atoms with Gasteiger partial charge < -0.3 is 23.9 Å². The normalized spacial score (nSPS) is 11.5. The fourth-order valence-corrected chi connectivity index (χ4v) is 2.92. The Morgan fingerprint density at radius 3 is 2.10 bits per heavy atom. The monoisotopic (exact) mass is 403 g/mol. The maximum atomic E-state index is 12.8. The van der Waals surface area contributed by atoms with E-state index in [9.17, 15) is 14.4 Å². The fraction of sp³-hybridized carbons (Fsp3) is 0.381. The molecule has 0 radical (unpaired) electrons. The number of nitrogens with one attached hydrogen (secondary N) is 1. The standard InChI is InChI=1S/C21H25NO7/c1-7-28-21(25)17-11(2)18(22-12(17)3)19(23)13(4)29-20(24)14-8-15(26-5)10-16(9-14)27-6/h8-10,13,22H,7H2,1-6H3. The van der Waals surface area contributed by atoms with Gasteiger partial charge in [0.05, 0.1) is 37.6 Å². The van der Waals surface area contributed by atoms with E-state index < -0.39 is 23.8 Å². The van der Waals surface area contributed by atoms with Gasteiger partial charge in [-0.3, -0.25) is 4.79 Å². The third-order valence-corrected chi connectivity index (χ3v) is 4.40. The summed E-state index contributed by atoms with van der Waals surface area (Å²) in [5, 5.41) is 0. The van der Waals surface area contributed by atoms with Crippen LogP contribution in [-0.4, -0.2) is 49.6 Å². The third-order valence-electron chi connectivity index (χ3n) is 4.40. The molecule has 8 heteroatoms. The van der Waals surface area contributed by atoms with Crippen LogP contribution >= 0.6 is 0 Å². The molecule has 1 N–H and O–H groups in total. The maximum Gasteiger partial charge on any atom is 0.340 e. The molecule has 1 aromatic carbocycles. The number of ether oxygens (including phenoxy) is 4. The summed E-state index contributed by atoms with van der Waals surface area (Å²) in [4.78, 5) is 40.3. The molecule has 0 bridgehead atoms. The van der Waals surface area contributed by atoms with Gasteiger partial charge in [-0.2, -0.15) is 0 Å². The molecule has 0 fully saturated rings. The summed E-state index contributed by atoms with van der Waals surface area (Å²) in [6.07, 6.45) is -1.08. The van der Waals surface area contributed by atoms with Gasteiger partial charge in [0.1, 0.15) is 11.5 Å². The first kappa shape index (κ1) is 22.0. The van der Waals surface area contributed by atoms with Crippen molar-refractivity contribution >= 4 is 17.7 Å². The van der Waals surface area contributed by atoms with Crippen LogP contribution in [0.3, 0.4) is 0 Å². The van der Waals surface area contributed by atoms with Crippen molar-refractivity contribution in [3.8, 4) is 11.5 Å². The molecule has 29 heavy (non-hydrogen) atoms. The highest BCUT2D eigenvalue weighted by Crippen LogP contribution is 2.24. The van der Waals surface area contributed by atoms with Crippen molar-refractivity contribution in [2.24, 2.45) is 0 Å². The number of Topliss-reactive ketones (excluding diaryl/α,β-unsaturated/α-hetero) is 1. The Labute approximate surface area is 169 Å². The van der Waals surface area contributed by atoms with E-state index in [4.69, 9.17) is 18.9 Å². The average molecular weight is 403 g/mol. The highest BCUT2D eigenvalue weighted by molar-refractivity contribution is 6.04. The summed E-state index contributed by atoms with van der Waals surface area (Å²) >= 11 is 0. The lowest BCUT2D eigenvalue weighted by Crippen LogP contribution is -2.25. The molecule has 8 nitrogen and oxygen atoms in total. The number of esters is 2. The number of rotatable bonds is 8. The molecule has 1 atom stereocenters. The number of aryl methyl sites for hydroxylation is 1. The van der Waals surface area contributed by atoms with Crippen molar-refractivity contribution in [2.75, 3.05) is 20.8 Å². The van der Waals surface area contributed by atoms with Crippen molar-refractivity contribution in [3.63, 3.8) is 0 Å². The predicted molar refractivity (Wildman–Crippen MR) is 105 cm³/mol. The zero-order chi connectivity index (χ0) is 21.7. The zero-order valence-electron chi connectivity index (χ0n) is 17.4. The lowest BCUT2D eigenvalue weighted by molar-refractivity contribution is 0.0316. The van der Waals surface area contributed by atoms with Gasteiger partial charge in [0.2, 0.25) is 5.78 Å². The quantitative estimate of drug-likeness (QED) is 0.533. The number of aromatic nitrogens is 1. The van der Waals surface area contributed by atoms with Gasteiger partial charge in [-0.15, -0.1) is 0 Å². The molecule has 2 aromatic rings. The van der Waals surface area contributed by atoms with Crippen LogP contribution in [0.15, 0.2) is 18.2 Å². The van der Waals surface area contributed by atoms with Gasteiger partial charge in [0.15, 0.2) is 6.10 Å². The Kier molecular flexibility index (Phi) is 7.03. The summed E-state index contributed by atoms with van der Waals surface area (Å²) in [5.74, 6) is -0.819. The average Bonchev–Trinajstić information content (AvgIpc) is 3.00. The lowest BCUT2D eigenvalue weighted by atomic mass is 10.1. The largest absolute Gasteiger partial charge is 0.497 e. The molecule has 0 aliphatic carbocycles. The molecule has 1 heterocycles. The van der Waals surface area contributed by atoms with E-state index in [0.717, 1.165) is 0 Å². The van der Waals surface area contributed by atoms with Crippen molar-refractivity contribution in [1.82, 2.24) is 4.98 Å². The molecule has 1 aromatic heterocycles. The highest BCUT2D eigenvalue weighted by Gasteiger charge is 2.28. The van der Waals surface area contributed by atoms with E-state index in [-0.39, 0.29) is 17.9 Å². The number of ketones is 1. The molecule has 156 valence electrons. The van der Waals surface area contributed by atoms with E-state index in [0.29, 0.717) is 28.3 Å². The summed E-state index contributed by atoms with van der Waals surface area (Å²) in [6, 6.07) is 4.60. The SMILES string of the molecule is CCOC(=O)c1c(C)[nH]c(C(=O)C(C)OC(=O)c2cc(OC)cc(OC)c2)c1C. The number of methoxy groups -OCH3 is 2. The van der Waals surface area contributed by atoms with E-state index in [1.807, 2.05) is 0 Å². The van der Waals surface area contributed by atoms with Crippen molar-refractivity contribution in [1.29, 1.82) is 0 Å². The van der Waals surface area contributed by atoms with Crippen LogP contribution in [0.5, 0.6) is 11.5 Å². The zero-order valence-corrected chi connectivity index (χ0v) is 17.4. The van der Waals surface area contributed by atoms with Crippen LogP contribution in [0, 0.1) is 13.8 Å². The number of carbonyl (C=O) groups excluding carboxylic acids is 3. The Morgan fingerprint density at radius 2 is 1.59 bits per heavy atom. The molecule has 0 saturated carbocycles. The van der Waals surface area contributed by atoms with Crippen molar-refractivity contribution in [3.05, 3.63) is 46.3 Å². The molecular weight excluding hydrogens is 378 g/mol. The summed E-state index contributed by atoms with van der Waals surface area (Å²) in [6.45, 7) is 6.72. The minimum absolute atomic E-state index is 0.187. The number of hydrogen-bond donors (Lipinski definition) is 1. The van der Waals surface area contributed by atoms with E-state index in [1.54, 1.807) is 26.8 Å².